The predicted molar refractivity (Wildman–Crippen MR) is 139 cm³/mol. The molecule has 1 aromatic heterocycles. The fraction of sp³-hybridized carbons (Fsp3) is 0.462. The summed E-state index contributed by atoms with van der Waals surface area (Å²) in [5.41, 5.74) is 1.71. The number of benzene rings is 1. The third-order valence-electron chi connectivity index (χ3n) is 6.35. The van der Waals surface area contributed by atoms with Gasteiger partial charge in [-0.1, -0.05) is 23.2 Å². The second-order valence-corrected chi connectivity index (χ2v) is 9.90. The molecular weight excluding hydrogens is 466 g/mol. The molecule has 1 aliphatic rings. The lowest BCUT2D eigenvalue weighted by atomic mass is 9.81. The van der Waals surface area contributed by atoms with Gasteiger partial charge >= 0.3 is 0 Å². The van der Waals surface area contributed by atoms with E-state index >= 15 is 0 Å². The standard InChI is InChI=1S/C26H34ClN5O3/c1-17-5-11-22(21(15-17)25(34)30-23-12-10-20(27)16-28-23)29-24(33)18-6-8-19(9-7-18)26(35)32(4)14-13-31(2)3/h5,10-12,15-16,18-19H,6-9,13-14H2,1-4H3,(H,29,33)(H,28,30,34)/t18-,19-. The van der Waals surface area contributed by atoms with Crippen LogP contribution < -0.4 is 10.6 Å². The molecule has 2 N–H and O–H groups in total. The summed E-state index contributed by atoms with van der Waals surface area (Å²) in [6.45, 7) is 3.40. The molecule has 1 fully saturated rings. The van der Waals surface area contributed by atoms with Gasteiger partial charge in [-0.25, -0.2) is 4.98 Å². The summed E-state index contributed by atoms with van der Waals surface area (Å²) in [5.74, 6) is -0.205. The van der Waals surface area contributed by atoms with Crippen molar-refractivity contribution in [3.8, 4) is 0 Å². The Morgan fingerprint density at radius 2 is 1.66 bits per heavy atom. The maximum absolute atomic E-state index is 13.0. The first-order chi connectivity index (χ1) is 16.6. The van der Waals surface area contributed by atoms with Crippen LogP contribution in [0.4, 0.5) is 11.5 Å². The first kappa shape index (κ1) is 26.6. The first-order valence-electron chi connectivity index (χ1n) is 11.9. The number of halogens is 1. The van der Waals surface area contributed by atoms with Crippen molar-refractivity contribution in [1.29, 1.82) is 0 Å². The van der Waals surface area contributed by atoms with E-state index in [0.29, 0.717) is 54.3 Å². The highest BCUT2D eigenvalue weighted by molar-refractivity contribution is 6.30. The van der Waals surface area contributed by atoms with Gasteiger partial charge in [-0.3, -0.25) is 14.4 Å². The SMILES string of the molecule is Cc1ccc(NC(=O)[C@H]2CC[C@H](C(=O)N(C)CCN(C)C)CC2)c(C(=O)Nc2ccc(Cl)cn2)c1. The quantitative estimate of drug-likeness (QED) is 0.571. The van der Waals surface area contributed by atoms with Crippen molar-refractivity contribution in [2.75, 3.05) is 44.9 Å². The number of rotatable bonds is 8. The molecule has 0 unspecified atom stereocenters. The van der Waals surface area contributed by atoms with Crippen LogP contribution in [0, 0.1) is 18.8 Å². The number of pyridine rings is 1. The van der Waals surface area contributed by atoms with Gasteiger partial charge in [-0.2, -0.15) is 0 Å². The summed E-state index contributed by atoms with van der Waals surface area (Å²) in [6.07, 6.45) is 4.12. The Bertz CT molecular complexity index is 1050. The minimum absolute atomic E-state index is 0.0428. The van der Waals surface area contributed by atoms with Crippen molar-refractivity contribution < 1.29 is 14.4 Å². The molecule has 9 heteroatoms. The molecule has 35 heavy (non-hydrogen) atoms. The monoisotopic (exact) mass is 499 g/mol. The smallest absolute Gasteiger partial charge is 0.258 e. The summed E-state index contributed by atoms with van der Waals surface area (Å²) in [6, 6.07) is 8.59. The minimum Gasteiger partial charge on any atom is -0.344 e. The van der Waals surface area contributed by atoms with E-state index in [4.69, 9.17) is 11.6 Å². The third kappa shape index (κ3) is 7.50. The predicted octanol–water partition coefficient (Wildman–Crippen LogP) is 4.06. The van der Waals surface area contributed by atoms with Crippen molar-refractivity contribution in [3.63, 3.8) is 0 Å². The minimum atomic E-state index is -0.367. The van der Waals surface area contributed by atoms with Gasteiger partial charge in [-0.15, -0.1) is 0 Å². The molecule has 1 aromatic carbocycles. The van der Waals surface area contributed by atoms with E-state index in [0.717, 1.165) is 12.1 Å². The van der Waals surface area contributed by atoms with Gasteiger partial charge in [0.15, 0.2) is 0 Å². The molecule has 0 spiro atoms. The molecule has 3 rings (SSSR count). The lowest BCUT2D eigenvalue weighted by molar-refractivity contribution is -0.136. The van der Waals surface area contributed by atoms with Crippen molar-refractivity contribution in [3.05, 3.63) is 52.7 Å². The topological polar surface area (TPSA) is 94.6 Å². The zero-order chi connectivity index (χ0) is 25.5. The number of aromatic nitrogens is 1. The lowest BCUT2D eigenvalue weighted by Crippen LogP contribution is -2.39. The Morgan fingerprint density at radius 1 is 0.971 bits per heavy atom. The van der Waals surface area contributed by atoms with Gasteiger partial charge in [0, 0.05) is 38.2 Å². The maximum Gasteiger partial charge on any atom is 0.258 e. The van der Waals surface area contributed by atoms with Gasteiger partial charge in [-0.05, 0) is 71.0 Å². The number of hydrogen-bond acceptors (Lipinski definition) is 5. The molecule has 1 heterocycles. The number of carbonyl (C=O) groups excluding carboxylic acids is 3. The van der Waals surface area contributed by atoms with Crippen LogP contribution in [-0.4, -0.2) is 66.7 Å². The average molecular weight is 500 g/mol. The van der Waals surface area contributed by atoms with Gasteiger partial charge in [0.1, 0.15) is 5.82 Å². The Morgan fingerprint density at radius 3 is 2.29 bits per heavy atom. The summed E-state index contributed by atoms with van der Waals surface area (Å²) in [7, 11) is 5.81. The number of nitrogens with zero attached hydrogens (tertiary/aromatic N) is 3. The number of likely N-dealkylation sites (N-methyl/N-ethyl adjacent to an activating group) is 2. The Labute approximate surface area is 212 Å². The molecule has 0 atom stereocenters. The van der Waals surface area contributed by atoms with Crippen LogP contribution in [0.3, 0.4) is 0 Å². The molecule has 188 valence electrons. The van der Waals surface area contributed by atoms with Gasteiger partial charge in [0.2, 0.25) is 11.8 Å². The molecule has 3 amide bonds. The second kappa shape index (κ2) is 12.1. The maximum atomic E-state index is 13.0. The van der Waals surface area contributed by atoms with Crippen molar-refractivity contribution in [2.45, 2.75) is 32.6 Å². The van der Waals surface area contributed by atoms with E-state index in [9.17, 15) is 14.4 Å². The van der Waals surface area contributed by atoms with Crippen LogP contribution in [0.1, 0.15) is 41.6 Å². The normalized spacial score (nSPS) is 17.7. The molecule has 8 nitrogen and oxygen atoms in total. The van der Waals surface area contributed by atoms with E-state index in [1.807, 2.05) is 34.1 Å². The van der Waals surface area contributed by atoms with Crippen molar-refractivity contribution >= 4 is 40.8 Å². The number of nitrogens with one attached hydrogen (secondary N) is 2. The summed E-state index contributed by atoms with van der Waals surface area (Å²) >= 11 is 5.86. The number of carbonyl (C=O) groups is 3. The first-order valence-corrected chi connectivity index (χ1v) is 12.3. The summed E-state index contributed by atoms with van der Waals surface area (Å²) in [4.78, 5) is 46.7. The van der Waals surface area contributed by atoms with E-state index in [1.54, 1.807) is 29.2 Å². The summed E-state index contributed by atoms with van der Waals surface area (Å²) in [5, 5.41) is 6.16. The Balaban J connectivity index is 1.60. The van der Waals surface area contributed by atoms with E-state index in [1.165, 1.54) is 6.20 Å². The molecule has 0 saturated heterocycles. The summed E-state index contributed by atoms with van der Waals surface area (Å²) < 4.78 is 0. The number of anilines is 2. The van der Waals surface area contributed by atoms with E-state index in [-0.39, 0.29) is 29.6 Å². The molecule has 1 aliphatic carbocycles. The van der Waals surface area contributed by atoms with Crippen LogP contribution in [0.15, 0.2) is 36.5 Å². The molecule has 1 saturated carbocycles. The Hall–Kier alpha value is -2.97. The van der Waals surface area contributed by atoms with Gasteiger partial charge in [0.25, 0.3) is 5.91 Å². The van der Waals surface area contributed by atoms with E-state index < -0.39 is 0 Å². The fourth-order valence-corrected chi connectivity index (χ4v) is 4.31. The fourth-order valence-electron chi connectivity index (χ4n) is 4.20. The van der Waals surface area contributed by atoms with Crippen molar-refractivity contribution in [1.82, 2.24) is 14.8 Å². The zero-order valence-electron chi connectivity index (χ0n) is 20.8. The largest absolute Gasteiger partial charge is 0.344 e. The molecule has 0 aliphatic heterocycles. The molecular formula is C26H34ClN5O3. The lowest BCUT2D eigenvalue weighted by Gasteiger charge is -2.30. The average Bonchev–Trinajstić information content (AvgIpc) is 2.84. The zero-order valence-corrected chi connectivity index (χ0v) is 21.6. The molecule has 0 radical (unpaired) electrons. The second-order valence-electron chi connectivity index (χ2n) is 9.47. The van der Waals surface area contributed by atoms with Gasteiger partial charge < -0.3 is 20.4 Å². The highest BCUT2D eigenvalue weighted by Gasteiger charge is 2.31. The van der Waals surface area contributed by atoms with Crippen LogP contribution in [0.5, 0.6) is 0 Å². The molecule has 2 aromatic rings. The highest BCUT2D eigenvalue weighted by atomic mass is 35.5. The van der Waals surface area contributed by atoms with Crippen LogP contribution in [0.25, 0.3) is 0 Å². The Kier molecular flexibility index (Phi) is 9.23. The third-order valence-corrected chi connectivity index (χ3v) is 6.58. The number of aryl methyl sites for hydroxylation is 1. The molecule has 0 bridgehead atoms. The number of amides is 3. The van der Waals surface area contributed by atoms with E-state index in [2.05, 4.69) is 20.5 Å². The van der Waals surface area contributed by atoms with Crippen LogP contribution in [-0.2, 0) is 9.59 Å². The number of hydrogen-bond donors (Lipinski definition) is 2. The van der Waals surface area contributed by atoms with Gasteiger partial charge in [0.05, 0.1) is 16.3 Å². The van der Waals surface area contributed by atoms with Crippen molar-refractivity contribution in [2.24, 2.45) is 11.8 Å². The van der Waals surface area contributed by atoms with Crippen LogP contribution >= 0.6 is 11.6 Å². The highest BCUT2D eigenvalue weighted by Crippen LogP contribution is 2.31. The van der Waals surface area contributed by atoms with Crippen LogP contribution in [0.2, 0.25) is 5.02 Å².